The first kappa shape index (κ1) is 73.4. The predicted molar refractivity (Wildman–Crippen MR) is 416 cm³/mol. The van der Waals surface area contributed by atoms with E-state index < -0.39 is 22.9 Å². The molecule has 16 rings (SSSR count). The van der Waals surface area contributed by atoms with Gasteiger partial charge in [0.2, 0.25) is 0 Å². The average Bonchev–Trinajstić information content (AvgIpc) is 1.62. The van der Waals surface area contributed by atoms with E-state index in [0.717, 1.165) is 128 Å². The number of aliphatic hydroxyl groups excluding tert-OH is 1. The summed E-state index contributed by atoms with van der Waals surface area (Å²) in [5.74, 6) is -0.600. The molecule has 538 valence electrons. The van der Waals surface area contributed by atoms with Crippen LogP contribution in [0.15, 0.2) is 176 Å². The summed E-state index contributed by atoms with van der Waals surface area (Å²) in [4.78, 5) is 9.48. The first-order chi connectivity index (χ1) is 49.2. The van der Waals surface area contributed by atoms with Gasteiger partial charge in [0.05, 0.1) is 32.3 Å². The molecular formula is C87H98Cl2F2N8O4. The molecule has 4 aliphatic rings. The Morgan fingerprint density at radius 3 is 1.16 bits per heavy atom. The van der Waals surface area contributed by atoms with Crippen molar-refractivity contribution >= 4 is 66.8 Å². The van der Waals surface area contributed by atoms with Gasteiger partial charge in [-0.3, -0.25) is 4.90 Å². The monoisotopic (exact) mass is 1430 g/mol. The van der Waals surface area contributed by atoms with Gasteiger partial charge < -0.3 is 53.4 Å². The molecule has 0 saturated carbocycles. The SMILES string of the molecule is CCN1CCc2c(c3cc(C)ccc3n2CC(O)c2ccc(C)cc2)C1.CN1CCc2c(c3cc(Cl)ccc3n2C[C@@](C)(O)c2ccc(F)cc2)C1.CN1CCc2c(c3cc(Cl)ccc3n2C[C@@](C)(O)c2ccc(F)cc2)C1.Cc1ccc2c(c1)c1c(n2CC(C)(O)c2ccccc2)CCN(C)C1. The van der Waals surface area contributed by atoms with Crippen LogP contribution in [0.3, 0.4) is 0 Å². The Balaban J connectivity index is 0.000000122. The van der Waals surface area contributed by atoms with Gasteiger partial charge in [-0.25, -0.2) is 8.78 Å². The summed E-state index contributed by atoms with van der Waals surface area (Å²) < 4.78 is 35.6. The molecule has 0 spiro atoms. The van der Waals surface area contributed by atoms with Crippen molar-refractivity contribution in [3.63, 3.8) is 0 Å². The highest BCUT2D eigenvalue weighted by atomic mass is 35.5. The van der Waals surface area contributed by atoms with Crippen LogP contribution in [0.4, 0.5) is 8.78 Å². The van der Waals surface area contributed by atoms with E-state index in [9.17, 15) is 29.2 Å². The molecule has 103 heavy (non-hydrogen) atoms. The number of hydrogen-bond donors (Lipinski definition) is 4. The Morgan fingerprint density at radius 1 is 0.408 bits per heavy atom. The molecule has 8 heterocycles. The zero-order valence-corrected chi connectivity index (χ0v) is 62.7. The molecule has 4 N–H and O–H groups in total. The molecule has 0 saturated heterocycles. The largest absolute Gasteiger partial charge is 0.387 e. The lowest BCUT2D eigenvalue weighted by atomic mass is 9.95. The predicted octanol–water partition coefficient (Wildman–Crippen LogP) is 16.9. The van der Waals surface area contributed by atoms with E-state index >= 15 is 0 Å². The van der Waals surface area contributed by atoms with E-state index in [4.69, 9.17) is 23.2 Å². The topological polar surface area (TPSA) is 114 Å². The molecule has 4 atom stereocenters. The number of benzene rings is 8. The van der Waals surface area contributed by atoms with Crippen LogP contribution in [-0.4, -0.2) is 112 Å². The van der Waals surface area contributed by atoms with Gasteiger partial charge in [-0.2, -0.15) is 0 Å². The van der Waals surface area contributed by atoms with E-state index in [2.05, 4.69) is 135 Å². The normalized spacial score (nSPS) is 17.0. The third-order valence-electron chi connectivity index (χ3n) is 21.9. The Bertz CT molecular complexity index is 4860. The summed E-state index contributed by atoms with van der Waals surface area (Å²) in [6.07, 6.45) is 3.46. The maximum absolute atomic E-state index is 13.3. The highest BCUT2D eigenvalue weighted by molar-refractivity contribution is 6.31. The van der Waals surface area contributed by atoms with Gasteiger partial charge >= 0.3 is 0 Å². The quantitative estimate of drug-likeness (QED) is 0.0903. The number of nitrogens with zero attached hydrogens (tertiary/aromatic N) is 8. The van der Waals surface area contributed by atoms with Gasteiger partial charge in [0.1, 0.15) is 28.4 Å². The van der Waals surface area contributed by atoms with Crippen LogP contribution >= 0.6 is 23.2 Å². The highest BCUT2D eigenvalue weighted by Crippen LogP contribution is 2.40. The van der Waals surface area contributed by atoms with Crippen LogP contribution in [0.2, 0.25) is 10.0 Å². The second-order valence-electron chi connectivity index (χ2n) is 30.1. The summed E-state index contributed by atoms with van der Waals surface area (Å²) in [5.41, 5.74) is 19.5. The number of aliphatic hydroxyl groups is 4. The smallest absolute Gasteiger partial charge is 0.123 e. The fourth-order valence-electron chi connectivity index (χ4n) is 16.1. The molecule has 12 aromatic rings. The minimum Gasteiger partial charge on any atom is -0.387 e. The third kappa shape index (κ3) is 15.7. The van der Waals surface area contributed by atoms with Gasteiger partial charge in [0.15, 0.2) is 0 Å². The molecule has 4 aliphatic heterocycles. The zero-order chi connectivity index (χ0) is 72.8. The van der Waals surface area contributed by atoms with E-state index in [0.29, 0.717) is 37.3 Å². The Labute approximate surface area is 615 Å². The summed E-state index contributed by atoms with van der Waals surface area (Å²) in [7, 11) is 6.42. The van der Waals surface area contributed by atoms with Crippen molar-refractivity contribution in [3.05, 3.63) is 282 Å². The lowest BCUT2D eigenvalue weighted by molar-refractivity contribution is 0.0380. The molecule has 0 fully saturated rings. The first-order valence-corrected chi connectivity index (χ1v) is 37.1. The molecule has 0 amide bonds. The Kier molecular flexibility index (Phi) is 21.5. The van der Waals surface area contributed by atoms with Crippen molar-refractivity contribution in [1.82, 2.24) is 37.9 Å². The van der Waals surface area contributed by atoms with Crippen LogP contribution < -0.4 is 0 Å². The second-order valence-corrected chi connectivity index (χ2v) is 31.0. The van der Waals surface area contributed by atoms with Gasteiger partial charge in [-0.15, -0.1) is 0 Å². The number of likely N-dealkylation sites (N-methyl/N-ethyl adjacent to an activating group) is 4. The minimum absolute atomic E-state index is 0.300. The fraction of sp³-hybridized carbons (Fsp3) is 0.356. The number of aromatic nitrogens is 4. The number of halogens is 4. The lowest BCUT2D eigenvalue weighted by Crippen LogP contribution is -2.31. The summed E-state index contributed by atoms with van der Waals surface area (Å²) >= 11 is 12.5. The number of fused-ring (bicyclic) bond motifs is 12. The lowest BCUT2D eigenvalue weighted by Gasteiger charge is -2.29. The van der Waals surface area contributed by atoms with Crippen LogP contribution in [-0.2, 0) is 94.8 Å². The van der Waals surface area contributed by atoms with Crippen molar-refractivity contribution in [2.45, 2.75) is 149 Å². The van der Waals surface area contributed by atoms with Crippen molar-refractivity contribution in [2.75, 3.05) is 53.9 Å². The van der Waals surface area contributed by atoms with Crippen LogP contribution in [0.1, 0.15) is 118 Å². The highest BCUT2D eigenvalue weighted by Gasteiger charge is 2.34. The summed E-state index contributed by atoms with van der Waals surface area (Å²) in [5, 5.41) is 50.8. The maximum Gasteiger partial charge on any atom is 0.123 e. The molecule has 8 aromatic carbocycles. The van der Waals surface area contributed by atoms with E-state index in [1.54, 1.807) is 38.1 Å². The fourth-order valence-corrected chi connectivity index (χ4v) is 16.5. The molecule has 2 unspecified atom stereocenters. The number of hydrogen-bond acceptors (Lipinski definition) is 8. The number of rotatable bonds is 13. The molecule has 16 heteroatoms. The molecule has 12 nitrogen and oxygen atoms in total. The Morgan fingerprint density at radius 2 is 0.748 bits per heavy atom. The molecule has 0 aliphatic carbocycles. The number of aryl methyl sites for hydroxylation is 3. The van der Waals surface area contributed by atoms with E-state index in [-0.39, 0.29) is 11.6 Å². The van der Waals surface area contributed by atoms with E-state index in [1.165, 1.54) is 108 Å². The first-order valence-electron chi connectivity index (χ1n) is 36.3. The third-order valence-corrected chi connectivity index (χ3v) is 22.4. The molecular weight excluding hydrogens is 1330 g/mol. The Hall–Kier alpha value is -7.96. The van der Waals surface area contributed by atoms with Gasteiger partial charge in [0.25, 0.3) is 0 Å². The van der Waals surface area contributed by atoms with Crippen molar-refractivity contribution in [2.24, 2.45) is 0 Å². The van der Waals surface area contributed by atoms with Gasteiger partial charge in [0, 0.05) is 154 Å². The zero-order valence-electron chi connectivity index (χ0n) is 61.2. The van der Waals surface area contributed by atoms with Crippen molar-refractivity contribution < 1.29 is 29.2 Å². The maximum atomic E-state index is 13.3. The molecule has 4 aromatic heterocycles. The second kappa shape index (κ2) is 30.3. The molecule has 0 bridgehead atoms. The van der Waals surface area contributed by atoms with Crippen molar-refractivity contribution in [1.29, 1.82) is 0 Å². The summed E-state index contributed by atoms with van der Waals surface area (Å²) in [6, 6.07) is 55.6. The molecule has 0 radical (unpaired) electrons. The standard InChI is InChI=1S/C23H28N2O.C22H26N2O.2C21H22ClFN2O/c1-4-24-12-11-22-20(14-24)19-13-17(3)7-10-21(19)25(22)15-23(26)18-8-5-16(2)6-9-18;1-16-9-10-20-18(13-16)19-14-23(3)12-11-21(19)24(20)15-22(2,25)17-7-5-4-6-8-17;2*1-21(26,14-3-6-16(23)7-4-14)13-25-19-8-5-15(22)11-17(19)18-12-24(2)10-9-20(18)25/h5-10,13,23,26H,4,11-12,14-15H2,1-3H3;4-10,13,25H,11-12,14-15H2,1-3H3;2*3-8,11,26H,9-10,12-13H2,1-2H3/t;;2*21-/m..11/s1. The average molecular weight is 1430 g/mol. The van der Waals surface area contributed by atoms with Gasteiger partial charge in [-0.05, 0) is 199 Å². The van der Waals surface area contributed by atoms with Gasteiger partial charge in [-0.1, -0.05) is 138 Å². The van der Waals surface area contributed by atoms with Crippen LogP contribution in [0.25, 0.3) is 43.6 Å². The summed E-state index contributed by atoms with van der Waals surface area (Å²) in [6.45, 7) is 25.1. The van der Waals surface area contributed by atoms with E-state index in [1.807, 2.05) is 85.8 Å². The van der Waals surface area contributed by atoms with Crippen LogP contribution in [0, 0.1) is 32.4 Å². The minimum atomic E-state index is -1.10. The van der Waals surface area contributed by atoms with Crippen LogP contribution in [0.5, 0.6) is 0 Å². The van der Waals surface area contributed by atoms with Crippen molar-refractivity contribution in [3.8, 4) is 0 Å².